The van der Waals surface area contributed by atoms with Gasteiger partial charge in [-0.25, -0.2) is 0 Å². The van der Waals surface area contributed by atoms with Crippen molar-refractivity contribution < 1.29 is 4.74 Å². The van der Waals surface area contributed by atoms with Gasteiger partial charge in [-0.05, 0) is 37.1 Å². The largest absolute Gasteiger partial charge is 0.493 e. The van der Waals surface area contributed by atoms with Crippen LogP contribution in [0.25, 0.3) is 0 Å². The monoisotopic (exact) mass is 253 g/mol. The van der Waals surface area contributed by atoms with Crippen LogP contribution in [0.15, 0.2) is 48.5 Å². The highest BCUT2D eigenvalue weighted by Gasteiger charge is 2.20. The Hall–Kier alpha value is -1.96. The summed E-state index contributed by atoms with van der Waals surface area (Å²) < 4.78 is 5.69. The molecule has 0 spiro atoms. The molecule has 2 heteroatoms. The predicted molar refractivity (Wildman–Crippen MR) is 79.0 cm³/mol. The van der Waals surface area contributed by atoms with Crippen LogP contribution >= 0.6 is 0 Å². The van der Waals surface area contributed by atoms with Crippen LogP contribution in [0.4, 0.5) is 5.69 Å². The minimum atomic E-state index is 0.534. The third kappa shape index (κ3) is 2.73. The molecule has 2 nitrogen and oxygen atoms in total. The number of ether oxygens (including phenoxy) is 1. The van der Waals surface area contributed by atoms with Crippen LogP contribution in [0.1, 0.15) is 23.5 Å². The van der Waals surface area contributed by atoms with Gasteiger partial charge in [-0.3, -0.25) is 0 Å². The molecule has 0 amide bonds. The van der Waals surface area contributed by atoms with Crippen molar-refractivity contribution in [1.29, 1.82) is 0 Å². The van der Waals surface area contributed by atoms with Gasteiger partial charge in [-0.15, -0.1) is 0 Å². The summed E-state index contributed by atoms with van der Waals surface area (Å²) in [5.41, 5.74) is 3.81. The van der Waals surface area contributed by atoms with Gasteiger partial charge in [0.1, 0.15) is 5.75 Å². The summed E-state index contributed by atoms with van der Waals surface area (Å²) in [5, 5.41) is 3.53. The second kappa shape index (κ2) is 5.35. The number of nitrogens with one attached hydrogen (secondary N) is 1. The molecule has 0 bridgehead atoms. The molecule has 0 aliphatic carbocycles. The van der Waals surface area contributed by atoms with Crippen LogP contribution in [0, 0.1) is 6.92 Å². The molecule has 1 N–H and O–H groups in total. The summed E-state index contributed by atoms with van der Waals surface area (Å²) in [6.45, 7) is 3.89. The molecule has 0 aromatic heterocycles. The Bertz CT molecular complexity index is 547. The second-order valence-electron chi connectivity index (χ2n) is 5.12. The number of rotatable bonds is 3. The number of para-hydroxylation sites is 1. The van der Waals surface area contributed by atoms with E-state index in [0.717, 1.165) is 25.3 Å². The normalized spacial score (nSPS) is 17.4. The first-order valence-electron chi connectivity index (χ1n) is 6.85. The van der Waals surface area contributed by atoms with E-state index < -0.39 is 0 Å². The third-order valence-corrected chi connectivity index (χ3v) is 3.69. The Morgan fingerprint density at radius 3 is 2.74 bits per heavy atom. The van der Waals surface area contributed by atoms with Gasteiger partial charge >= 0.3 is 0 Å². The molecule has 1 unspecified atom stereocenters. The summed E-state index contributed by atoms with van der Waals surface area (Å²) in [6, 6.07) is 16.9. The average molecular weight is 253 g/mol. The highest BCUT2D eigenvalue weighted by Crippen LogP contribution is 2.33. The quantitative estimate of drug-likeness (QED) is 0.893. The molecule has 1 aliphatic heterocycles. The van der Waals surface area contributed by atoms with Crippen molar-refractivity contribution in [2.24, 2.45) is 0 Å². The van der Waals surface area contributed by atoms with E-state index in [2.05, 4.69) is 54.7 Å². The van der Waals surface area contributed by atoms with Crippen LogP contribution in [0.5, 0.6) is 5.75 Å². The number of aryl methyl sites for hydroxylation is 1. The van der Waals surface area contributed by atoms with Crippen molar-refractivity contribution in [1.82, 2.24) is 0 Å². The minimum Gasteiger partial charge on any atom is -0.493 e. The first kappa shape index (κ1) is 12.1. The van der Waals surface area contributed by atoms with E-state index in [-0.39, 0.29) is 0 Å². The number of fused-ring (bicyclic) bond motifs is 1. The Labute approximate surface area is 114 Å². The molecule has 0 fully saturated rings. The molecule has 2 aromatic carbocycles. The summed E-state index contributed by atoms with van der Waals surface area (Å²) in [6.07, 6.45) is 1.08. The van der Waals surface area contributed by atoms with Crippen LogP contribution in [0.2, 0.25) is 0 Å². The zero-order chi connectivity index (χ0) is 13.1. The molecule has 2 aromatic rings. The number of benzene rings is 2. The lowest BCUT2D eigenvalue weighted by molar-refractivity contribution is 0.270. The van der Waals surface area contributed by atoms with Crippen LogP contribution < -0.4 is 10.1 Å². The zero-order valence-electron chi connectivity index (χ0n) is 11.2. The molecule has 1 atom stereocenters. The van der Waals surface area contributed by atoms with Gasteiger partial charge in [0.15, 0.2) is 0 Å². The van der Waals surface area contributed by atoms with E-state index in [1.165, 1.54) is 16.8 Å². The van der Waals surface area contributed by atoms with Crippen molar-refractivity contribution in [3.8, 4) is 5.75 Å². The van der Waals surface area contributed by atoms with Crippen LogP contribution in [-0.2, 0) is 0 Å². The number of hydrogen-bond donors (Lipinski definition) is 1. The van der Waals surface area contributed by atoms with E-state index in [9.17, 15) is 0 Å². The summed E-state index contributed by atoms with van der Waals surface area (Å²) in [4.78, 5) is 0. The van der Waals surface area contributed by atoms with Crippen molar-refractivity contribution in [2.45, 2.75) is 19.3 Å². The topological polar surface area (TPSA) is 21.3 Å². The van der Waals surface area contributed by atoms with Gasteiger partial charge in [0.05, 0.1) is 6.61 Å². The lowest BCUT2D eigenvalue weighted by Crippen LogP contribution is -2.20. The van der Waals surface area contributed by atoms with Gasteiger partial charge in [-0.2, -0.15) is 0 Å². The molecule has 19 heavy (non-hydrogen) atoms. The fraction of sp³-hybridized carbons (Fsp3) is 0.294. The molecule has 0 radical (unpaired) electrons. The Morgan fingerprint density at radius 2 is 1.89 bits per heavy atom. The highest BCUT2D eigenvalue weighted by molar-refractivity contribution is 5.46. The molecule has 0 saturated carbocycles. The van der Waals surface area contributed by atoms with Crippen molar-refractivity contribution in [3.05, 3.63) is 59.7 Å². The Kier molecular flexibility index (Phi) is 3.41. The summed E-state index contributed by atoms with van der Waals surface area (Å²) >= 11 is 0. The fourth-order valence-electron chi connectivity index (χ4n) is 2.54. The van der Waals surface area contributed by atoms with E-state index in [0.29, 0.717) is 5.92 Å². The highest BCUT2D eigenvalue weighted by atomic mass is 16.5. The van der Waals surface area contributed by atoms with E-state index in [1.807, 2.05) is 6.07 Å². The molecule has 98 valence electrons. The van der Waals surface area contributed by atoms with Crippen LogP contribution in [-0.4, -0.2) is 13.2 Å². The smallest absolute Gasteiger partial charge is 0.122 e. The molecule has 0 saturated heterocycles. The molecular formula is C17H19NO. The molecule has 1 heterocycles. The van der Waals surface area contributed by atoms with Crippen molar-refractivity contribution in [3.63, 3.8) is 0 Å². The minimum absolute atomic E-state index is 0.534. The van der Waals surface area contributed by atoms with Gasteiger partial charge in [0.2, 0.25) is 0 Å². The SMILES string of the molecule is Cc1ccc(NCC2CCOc3ccccc32)cc1. The molecular weight excluding hydrogens is 234 g/mol. The maximum absolute atomic E-state index is 5.69. The Morgan fingerprint density at radius 1 is 1.11 bits per heavy atom. The first-order valence-corrected chi connectivity index (χ1v) is 6.85. The number of anilines is 1. The lowest BCUT2D eigenvalue weighted by atomic mass is 9.93. The van der Waals surface area contributed by atoms with Gasteiger partial charge in [0.25, 0.3) is 0 Å². The fourth-order valence-corrected chi connectivity index (χ4v) is 2.54. The van der Waals surface area contributed by atoms with Gasteiger partial charge in [0, 0.05) is 18.2 Å². The van der Waals surface area contributed by atoms with E-state index in [1.54, 1.807) is 0 Å². The average Bonchev–Trinajstić information content (AvgIpc) is 2.47. The second-order valence-corrected chi connectivity index (χ2v) is 5.12. The number of hydrogen-bond acceptors (Lipinski definition) is 2. The van der Waals surface area contributed by atoms with E-state index in [4.69, 9.17) is 4.74 Å². The summed E-state index contributed by atoms with van der Waals surface area (Å²) in [7, 11) is 0. The molecule has 3 rings (SSSR count). The maximum atomic E-state index is 5.69. The zero-order valence-corrected chi connectivity index (χ0v) is 11.2. The predicted octanol–water partition coefficient (Wildman–Crippen LogP) is 3.97. The molecule has 1 aliphatic rings. The standard InChI is InChI=1S/C17H19NO/c1-13-6-8-15(9-7-13)18-12-14-10-11-19-17-5-3-2-4-16(14)17/h2-9,14,18H,10-12H2,1H3. The van der Waals surface area contributed by atoms with Crippen molar-refractivity contribution in [2.75, 3.05) is 18.5 Å². The maximum Gasteiger partial charge on any atom is 0.122 e. The summed E-state index contributed by atoms with van der Waals surface area (Å²) in [5.74, 6) is 1.58. The van der Waals surface area contributed by atoms with E-state index >= 15 is 0 Å². The van der Waals surface area contributed by atoms with Gasteiger partial charge in [-0.1, -0.05) is 35.9 Å². The Balaban J connectivity index is 1.69. The van der Waals surface area contributed by atoms with Crippen LogP contribution in [0.3, 0.4) is 0 Å². The third-order valence-electron chi connectivity index (χ3n) is 3.69. The van der Waals surface area contributed by atoms with Gasteiger partial charge < -0.3 is 10.1 Å². The first-order chi connectivity index (χ1) is 9.33. The van der Waals surface area contributed by atoms with Crippen molar-refractivity contribution >= 4 is 5.69 Å². The lowest BCUT2D eigenvalue weighted by Gasteiger charge is -2.26.